The number of carbonyl (C=O) groups excluding carboxylic acids is 2. The summed E-state index contributed by atoms with van der Waals surface area (Å²) in [6, 6.07) is 0. The van der Waals surface area contributed by atoms with Crippen LogP contribution in [-0.4, -0.2) is 21.5 Å². The summed E-state index contributed by atoms with van der Waals surface area (Å²) in [5.74, 6) is 0.294. The lowest BCUT2D eigenvalue weighted by molar-refractivity contribution is 0.0989. The van der Waals surface area contributed by atoms with Gasteiger partial charge >= 0.3 is 0 Å². The van der Waals surface area contributed by atoms with E-state index in [1.165, 1.54) is 12.2 Å². The Hall–Kier alpha value is -1.71. The van der Waals surface area contributed by atoms with Crippen LogP contribution in [0.3, 0.4) is 0 Å². The molecule has 1 aromatic heterocycles. The van der Waals surface area contributed by atoms with Crippen molar-refractivity contribution in [3.63, 3.8) is 0 Å². The highest BCUT2D eigenvalue weighted by atomic mass is 16.1. The summed E-state index contributed by atoms with van der Waals surface area (Å²) >= 11 is 0. The second-order valence-electron chi connectivity index (χ2n) is 2.82. The number of fused-ring (bicyclic) bond motifs is 1. The molecule has 0 amide bonds. The van der Waals surface area contributed by atoms with Gasteiger partial charge in [0.2, 0.25) is 11.6 Å². The molecule has 0 unspecified atom stereocenters. The zero-order valence-corrected chi connectivity index (χ0v) is 7.13. The zero-order valence-electron chi connectivity index (χ0n) is 7.13. The Bertz CT molecular complexity index is 380. The van der Waals surface area contributed by atoms with Gasteiger partial charge in [0.15, 0.2) is 0 Å². The van der Waals surface area contributed by atoms with Gasteiger partial charge in [0, 0.05) is 6.42 Å². The summed E-state index contributed by atoms with van der Waals surface area (Å²) in [6.45, 7) is 1.91. The third kappa shape index (κ3) is 1.11. The van der Waals surface area contributed by atoms with Crippen LogP contribution in [0.15, 0.2) is 12.2 Å². The standard InChI is InChI=1S/C9H8N2O2/c1-2-7-10-8-5(12)3-4-6(13)9(8)11-7/h3-4H,2H2,1H3,(H,10,11). The molecule has 0 bridgehead atoms. The van der Waals surface area contributed by atoms with Crippen molar-refractivity contribution < 1.29 is 9.59 Å². The van der Waals surface area contributed by atoms with Crippen molar-refractivity contribution >= 4 is 11.6 Å². The summed E-state index contributed by atoms with van der Waals surface area (Å²) in [7, 11) is 0. The predicted octanol–water partition coefficient (Wildman–Crippen LogP) is 0.907. The highest BCUT2D eigenvalue weighted by Gasteiger charge is 2.22. The van der Waals surface area contributed by atoms with Gasteiger partial charge in [0.05, 0.1) is 0 Å². The van der Waals surface area contributed by atoms with Crippen LogP contribution in [0.2, 0.25) is 0 Å². The third-order valence-corrected chi connectivity index (χ3v) is 1.95. The molecule has 1 heterocycles. The Labute approximate surface area is 74.7 Å². The van der Waals surface area contributed by atoms with Gasteiger partial charge in [-0.05, 0) is 12.2 Å². The van der Waals surface area contributed by atoms with Gasteiger partial charge in [-0.25, -0.2) is 4.98 Å². The number of nitrogens with one attached hydrogen (secondary N) is 1. The van der Waals surface area contributed by atoms with E-state index in [0.29, 0.717) is 17.9 Å². The lowest BCUT2D eigenvalue weighted by atomic mass is 10.1. The number of aromatic nitrogens is 2. The van der Waals surface area contributed by atoms with Crippen LogP contribution < -0.4 is 0 Å². The van der Waals surface area contributed by atoms with Crippen molar-refractivity contribution in [3.05, 3.63) is 29.4 Å². The molecular weight excluding hydrogens is 168 g/mol. The fourth-order valence-corrected chi connectivity index (χ4v) is 1.26. The Balaban J connectivity index is 2.58. The summed E-state index contributed by atoms with van der Waals surface area (Å²) in [5.41, 5.74) is 0.578. The first kappa shape index (κ1) is 7.91. The van der Waals surface area contributed by atoms with Crippen molar-refractivity contribution in [2.75, 3.05) is 0 Å². The highest BCUT2D eigenvalue weighted by molar-refractivity contribution is 6.20. The van der Waals surface area contributed by atoms with Crippen LogP contribution in [0, 0.1) is 0 Å². The van der Waals surface area contributed by atoms with E-state index in [9.17, 15) is 9.59 Å². The third-order valence-electron chi connectivity index (χ3n) is 1.95. The van der Waals surface area contributed by atoms with Crippen molar-refractivity contribution in [3.8, 4) is 0 Å². The molecule has 13 heavy (non-hydrogen) atoms. The van der Waals surface area contributed by atoms with Gasteiger partial charge in [-0.15, -0.1) is 0 Å². The number of rotatable bonds is 1. The molecule has 0 radical (unpaired) electrons. The van der Waals surface area contributed by atoms with E-state index < -0.39 is 0 Å². The molecule has 4 heteroatoms. The Morgan fingerprint density at radius 3 is 2.62 bits per heavy atom. The van der Waals surface area contributed by atoms with Crippen molar-refractivity contribution in [2.24, 2.45) is 0 Å². The number of hydrogen-bond donors (Lipinski definition) is 1. The van der Waals surface area contributed by atoms with E-state index in [1.54, 1.807) is 0 Å². The number of nitrogens with zero attached hydrogens (tertiary/aromatic N) is 1. The first-order chi connectivity index (χ1) is 6.22. The average Bonchev–Trinajstić information content (AvgIpc) is 2.56. The summed E-state index contributed by atoms with van der Waals surface area (Å²) in [6.07, 6.45) is 3.21. The molecule has 4 nitrogen and oxygen atoms in total. The summed E-state index contributed by atoms with van der Waals surface area (Å²) in [4.78, 5) is 29.3. The second-order valence-corrected chi connectivity index (χ2v) is 2.82. The number of hydrogen-bond acceptors (Lipinski definition) is 3. The lowest BCUT2D eigenvalue weighted by Gasteiger charge is -1.98. The van der Waals surface area contributed by atoms with Crippen LogP contribution >= 0.6 is 0 Å². The molecule has 0 aliphatic heterocycles. The number of imidazole rings is 1. The highest BCUT2D eigenvalue weighted by Crippen LogP contribution is 2.14. The molecule has 0 spiro atoms. The minimum Gasteiger partial charge on any atom is -0.339 e. The van der Waals surface area contributed by atoms with E-state index in [4.69, 9.17) is 0 Å². The largest absolute Gasteiger partial charge is 0.339 e. The van der Waals surface area contributed by atoms with E-state index in [1.807, 2.05) is 6.92 Å². The summed E-state index contributed by atoms with van der Waals surface area (Å²) in [5, 5.41) is 0. The number of ketones is 2. The number of aryl methyl sites for hydroxylation is 1. The number of allylic oxidation sites excluding steroid dienone is 2. The smallest absolute Gasteiger partial charge is 0.206 e. The SMILES string of the molecule is CCc1nc2c([nH]1)C(=O)C=CC2=O. The van der Waals surface area contributed by atoms with Crippen molar-refractivity contribution in [2.45, 2.75) is 13.3 Å². The van der Waals surface area contributed by atoms with Crippen LogP contribution in [0.4, 0.5) is 0 Å². The molecule has 1 aromatic rings. The predicted molar refractivity (Wildman–Crippen MR) is 45.8 cm³/mol. The fraction of sp³-hybridized carbons (Fsp3) is 0.222. The maximum atomic E-state index is 11.3. The summed E-state index contributed by atoms with van der Waals surface area (Å²) < 4.78 is 0. The molecule has 1 N–H and O–H groups in total. The topological polar surface area (TPSA) is 62.8 Å². The molecule has 0 fully saturated rings. The van der Waals surface area contributed by atoms with Gasteiger partial charge in [-0.1, -0.05) is 6.92 Å². The molecule has 1 aliphatic rings. The van der Waals surface area contributed by atoms with Crippen LogP contribution in [0.5, 0.6) is 0 Å². The number of carbonyl (C=O) groups is 2. The monoisotopic (exact) mass is 176 g/mol. The maximum absolute atomic E-state index is 11.3. The minimum absolute atomic E-state index is 0.179. The van der Waals surface area contributed by atoms with E-state index in [-0.39, 0.29) is 17.3 Å². The van der Waals surface area contributed by atoms with Gasteiger partial charge in [0.1, 0.15) is 17.2 Å². The van der Waals surface area contributed by atoms with Crippen molar-refractivity contribution in [1.29, 1.82) is 0 Å². The van der Waals surface area contributed by atoms with Crippen LogP contribution in [0.25, 0.3) is 0 Å². The van der Waals surface area contributed by atoms with Crippen molar-refractivity contribution in [1.82, 2.24) is 9.97 Å². The molecule has 1 aliphatic carbocycles. The van der Waals surface area contributed by atoms with Gasteiger partial charge in [-0.3, -0.25) is 9.59 Å². The Morgan fingerprint density at radius 1 is 1.31 bits per heavy atom. The van der Waals surface area contributed by atoms with Crippen LogP contribution in [-0.2, 0) is 6.42 Å². The quantitative estimate of drug-likeness (QED) is 0.691. The van der Waals surface area contributed by atoms with E-state index in [0.717, 1.165) is 0 Å². The van der Waals surface area contributed by atoms with E-state index in [2.05, 4.69) is 9.97 Å². The molecule has 2 rings (SSSR count). The molecular formula is C9H8N2O2. The normalized spacial score (nSPS) is 14.8. The Morgan fingerprint density at radius 2 is 2.00 bits per heavy atom. The minimum atomic E-state index is -0.203. The van der Waals surface area contributed by atoms with E-state index >= 15 is 0 Å². The second kappa shape index (κ2) is 2.65. The van der Waals surface area contributed by atoms with Gasteiger partial charge in [0.25, 0.3) is 0 Å². The fourth-order valence-electron chi connectivity index (χ4n) is 1.26. The number of H-pyrrole nitrogens is 1. The van der Waals surface area contributed by atoms with Gasteiger partial charge < -0.3 is 4.98 Å². The molecule has 0 saturated carbocycles. The van der Waals surface area contributed by atoms with Gasteiger partial charge in [-0.2, -0.15) is 0 Å². The average molecular weight is 176 g/mol. The zero-order chi connectivity index (χ0) is 9.42. The molecule has 0 atom stereocenters. The first-order valence-electron chi connectivity index (χ1n) is 4.08. The molecule has 0 saturated heterocycles. The lowest BCUT2D eigenvalue weighted by Crippen LogP contribution is -2.10. The molecule has 66 valence electrons. The number of aromatic amines is 1. The molecule has 0 aromatic carbocycles. The Kier molecular flexibility index (Phi) is 1.62. The van der Waals surface area contributed by atoms with Crippen LogP contribution in [0.1, 0.15) is 33.7 Å². The first-order valence-corrected chi connectivity index (χ1v) is 4.08. The maximum Gasteiger partial charge on any atom is 0.206 e.